The molecule has 4 rings (SSSR count). The molecule has 1 saturated heterocycles. The second kappa shape index (κ2) is 10.8. The third-order valence-corrected chi connectivity index (χ3v) is 6.42. The highest BCUT2D eigenvalue weighted by Crippen LogP contribution is 2.35. The summed E-state index contributed by atoms with van der Waals surface area (Å²) in [6.07, 6.45) is 2.31. The van der Waals surface area contributed by atoms with Crippen LogP contribution in [0.4, 0.5) is 10.5 Å². The molecular formula is C27H35N3O4. The molecule has 3 amide bonds. The van der Waals surface area contributed by atoms with E-state index in [4.69, 9.17) is 9.47 Å². The molecule has 7 heteroatoms. The number of likely N-dealkylation sites (tertiary alicyclic amines) is 1. The van der Waals surface area contributed by atoms with Gasteiger partial charge in [-0.3, -0.25) is 9.69 Å². The fraction of sp³-hybridized carbons (Fsp3) is 0.481. The zero-order valence-electron chi connectivity index (χ0n) is 20.3. The van der Waals surface area contributed by atoms with Crippen molar-refractivity contribution in [2.75, 3.05) is 24.5 Å². The van der Waals surface area contributed by atoms with Gasteiger partial charge in [-0.15, -0.1) is 0 Å². The van der Waals surface area contributed by atoms with Gasteiger partial charge in [0.15, 0.2) is 0 Å². The number of benzene rings is 2. The van der Waals surface area contributed by atoms with Crippen LogP contribution in [0, 0.1) is 5.92 Å². The third kappa shape index (κ3) is 5.64. The van der Waals surface area contributed by atoms with Crippen molar-refractivity contribution in [3.8, 4) is 11.5 Å². The second-order valence-electron chi connectivity index (χ2n) is 9.30. The summed E-state index contributed by atoms with van der Waals surface area (Å²) in [6, 6.07) is 15.5. The Bertz CT molecular complexity index is 984. The van der Waals surface area contributed by atoms with Crippen LogP contribution in [-0.2, 0) is 11.3 Å². The molecular weight excluding hydrogens is 430 g/mol. The zero-order chi connectivity index (χ0) is 24.1. The lowest BCUT2D eigenvalue weighted by atomic mass is 9.96. The maximum atomic E-state index is 13.3. The molecule has 1 unspecified atom stereocenters. The molecule has 2 aromatic rings. The number of nitrogens with one attached hydrogen (secondary N) is 1. The van der Waals surface area contributed by atoms with Gasteiger partial charge in [-0.1, -0.05) is 31.2 Å². The summed E-state index contributed by atoms with van der Waals surface area (Å²) in [6.45, 7) is 8.25. The topological polar surface area (TPSA) is 71.1 Å². The molecule has 2 aliphatic rings. The highest BCUT2D eigenvalue weighted by molar-refractivity contribution is 5.94. The number of fused-ring (bicyclic) bond motifs is 1. The standard InChI is InChI=1S/C27H35N3O4/c1-4-22-18-30(24-7-5-6-8-25(24)34-22)27(32)29-15-13-21(14-16-29)26(31)28-17-20-9-11-23(12-10-20)33-19(2)3/h5-12,19,21-22H,4,13-18H2,1-3H3,(H,28,31). The van der Waals surface area contributed by atoms with Crippen molar-refractivity contribution in [1.29, 1.82) is 0 Å². The molecule has 2 heterocycles. The van der Waals surface area contributed by atoms with Crippen molar-refractivity contribution < 1.29 is 19.1 Å². The summed E-state index contributed by atoms with van der Waals surface area (Å²) < 4.78 is 11.7. The van der Waals surface area contributed by atoms with Crippen LogP contribution in [0.15, 0.2) is 48.5 Å². The van der Waals surface area contributed by atoms with E-state index in [1.165, 1.54) is 0 Å². The molecule has 1 N–H and O–H groups in total. The minimum Gasteiger partial charge on any atom is -0.491 e. The summed E-state index contributed by atoms with van der Waals surface area (Å²) in [5.74, 6) is 1.56. The minimum absolute atomic E-state index is 0.00300. The molecule has 182 valence electrons. The van der Waals surface area contributed by atoms with E-state index in [1.54, 1.807) is 0 Å². The van der Waals surface area contributed by atoms with Crippen LogP contribution in [0.5, 0.6) is 11.5 Å². The molecule has 7 nitrogen and oxygen atoms in total. The van der Waals surface area contributed by atoms with Gasteiger partial charge in [-0.05, 0) is 62.9 Å². The Balaban J connectivity index is 1.28. The average Bonchev–Trinajstić information content (AvgIpc) is 2.86. The van der Waals surface area contributed by atoms with Crippen molar-refractivity contribution in [1.82, 2.24) is 10.2 Å². The number of nitrogens with zero attached hydrogens (tertiary/aromatic N) is 2. The number of rotatable bonds is 6. The Labute approximate surface area is 202 Å². The molecule has 2 aromatic carbocycles. The van der Waals surface area contributed by atoms with E-state index in [0.717, 1.165) is 29.2 Å². The molecule has 1 atom stereocenters. The number of amides is 3. The van der Waals surface area contributed by atoms with E-state index in [2.05, 4.69) is 12.2 Å². The van der Waals surface area contributed by atoms with Crippen molar-refractivity contribution in [2.24, 2.45) is 5.92 Å². The maximum absolute atomic E-state index is 13.3. The van der Waals surface area contributed by atoms with Gasteiger partial charge in [-0.2, -0.15) is 0 Å². The molecule has 34 heavy (non-hydrogen) atoms. The first-order chi connectivity index (χ1) is 16.4. The SMILES string of the molecule is CCC1CN(C(=O)N2CCC(C(=O)NCc3ccc(OC(C)C)cc3)CC2)c2ccccc2O1. The summed E-state index contributed by atoms with van der Waals surface area (Å²) in [5.41, 5.74) is 1.86. The largest absolute Gasteiger partial charge is 0.491 e. The molecule has 0 spiro atoms. The van der Waals surface area contributed by atoms with E-state index >= 15 is 0 Å². The molecule has 0 aromatic heterocycles. The number of hydrogen-bond donors (Lipinski definition) is 1. The van der Waals surface area contributed by atoms with E-state index in [9.17, 15) is 9.59 Å². The summed E-state index contributed by atoms with van der Waals surface area (Å²) >= 11 is 0. The van der Waals surface area contributed by atoms with E-state index in [1.807, 2.05) is 72.2 Å². The van der Waals surface area contributed by atoms with E-state index in [0.29, 0.717) is 39.0 Å². The van der Waals surface area contributed by atoms with Crippen molar-refractivity contribution >= 4 is 17.6 Å². The van der Waals surface area contributed by atoms with Crippen LogP contribution < -0.4 is 19.7 Å². The van der Waals surface area contributed by atoms with Gasteiger partial charge in [-0.25, -0.2) is 4.79 Å². The fourth-order valence-corrected chi connectivity index (χ4v) is 4.49. The number of anilines is 1. The summed E-state index contributed by atoms with van der Waals surface area (Å²) in [4.78, 5) is 29.8. The number of carbonyl (C=O) groups is 2. The van der Waals surface area contributed by atoms with Crippen LogP contribution in [0.2, 0.25) is 0 Å². The fourth-order valence-electron chi connectivity index (χ4n) is 4.49. The molecule has 1 fully saturated rings. The first-order valence-corrected chi connectivity index (χ1v) is 12.3. The van der Waals surface area contributed by atoms with Crippen LogP contribution in [-0.4, -0.2) is 48.7 Å². The Morgan fingerprint density at radius 2 is 1.79 bits per heavy atom. The lowest BCUT2D eigenvalue weighted by Crippen LogP contribution is -2.52. The molecule has 0 saturated carbocycles. The Morgan fingerprint density at radius 1 is 1.09 bits per heavy atom. The number of hydrogen-bond acceptors (Lipinski definition) is 4. The summed E-state index contributed by atoms with van der Waals surface area (Å²) in [5, 5.41) is 3.05. The van der Waals surface area contributed by atoms with E-state index < -0.39 is 0 Å². The van der Waals surface area contributed by atoms with Gasteiger partial charge in [0.05, 0.1) is 18.3 Å². The van der Waals surface area contributed by atoms with Gasteiger partial charge in [0, 0.05) is 25.6 Å². The monoisotopic (exact) mass is 465 g/mol. The third-order valence-electron chi connectivity index (χ3n) is 6.42. The average molecular weight is 466 g/mol. The van der Waals surface area contributed by atoms with Gasteiger partial charge in [0.1, 0.15) is 17.6 Å². The predicted octanol–water partition coefficient (Wildman–Crippen LogP) is 4.60. The Hall–Kier alpha value is -3.22. The number of urea groups is 1. The van der Waals surface area contributed by atoms with Crippen molar-refractivity contribution in [2.45, 2.75) is 58.8 Å². The van der Waals surface area contributed by atoms with Crippen LogP contribution in [0.3, 0.4) is 0 Å². The van der Waals surface area contributed by atoms with Crippen LogP contribution in [0.25, 0.3) is 0 Å². The predicted molar refractivity (Wildman–Crippen MR) is 132 cm³/mol. The Morgan fingerprint density at radius 3 is 2.47 bits per heavy atom. The maximum Gasteiger partial charge on any atom is 0.324 e. The van der Waals surface area contributed by atoms with Gasteiger partial charge < -0.3 is 19.7 Å². The highest BCUT2D eigenvalue weighted by atomic mass is 16.5. The minimum atomic E-state index is -0.0760. The quantitative estimate of drug-likeness (QED) is 0.677. The number of ether oxygens (including phenoxy) is 2. The van der Waals surface area contributed by atoms with Crippen molar-refractivity contribution in [3.63, 3.8) is 0 Å². The van der Waals surface area contributed by atoms with Crippen molar-refractivity contribution in [3.05, 3.63) is 54.1 Å². The molecule has 0 aliphatic carbocycles. The Kier molecular flexibility index (Phi) is 7.60. The second-order valence-corrected chi connectivity index (χ2v) is 9.30. The number of para-hydroxylation sites is 2. The van der Waals surface area contributed by atoms with Gasteiger partial charge in [0.2, 0.25) is 5.91 Å². The first-order valence-electron chi connectivity index (χ1n) is 12.3. The lowest BCUT2D eigenvalue weighted by Gasteiger charge is -2.39. The number of piperidine rings is 1. The first kappa shape index (κ1) is 23.9. The van der Waals surface area contributed by atoms with Crippen LogP contribution >= 0.6 is 0 Å². The molecule has 0 radical (unpaired) electrons. The number of carbonyl (C=O) groups excluding carboxylic acids is 2. The zero-order valence-corrected chi connectivity index (χ0v) is 20.3. The van der Waals surface area contributed by atoms with Crippen LogP contribution in [0.1, 0.15) is 45.6 Å². The summed E-state index contributed by atoms with van der Waals surface area (Å²) in [7, 11) is 0. The highest BCUT2D eigenvalue weighted by Gasteiger charge is 2.34. The van der Waals surface area contributed by atoms with E-state index in [-0.39, 0.29) is 30.1 Å². The smallest absolute Gasteiger partial charge is 0.324 e. The lowest BCUT2D eigenvalue weighted by molar-refractivity contribution is -0.126. The van der Waals surface area contributed by atoms with Gasteiger partial charge in [0.25, 0.3) is 0 Å². The van der Waals surface area contributed by atoms with Gasteiger partial charge >= 0.3 is 6.03 Å². The normalized spacial score (nSPS) is 18.3. The molecule has 2 aliphatic heterocycles. The molecule has 0 bridgehead atoms.